The molecule has 2 nitrogen and oxygen atoms in total. The summed E-state index contributed by atoms with van der Waals surface area (Å²) < 4.78 is 0. The number of rotatable bonds is 2. The molecule has 2 saturated carbocycles. The fourth-order valence-electron chi connectivity index (χ4n) is 4.57. The fourth-order valence-corrected chi connectivity index (χ4v) is 4.57. The Balaban J connectivity index is 1.43. The van der Waals surface area contributed by atoms with E-state index in [-0.39, 0.29) is 0 Å². The van der Waals surface area contributed by atoms with Gasteiger partial charge in [0.1, 0.15) is 0 Å². The third-order valence-corrected chi connectivity index (χ3v) is 5.72. The van der Waals surface area contributed by atoms with Crippen LogP contribution >= 0.6 is 0 Å². The normalized spacial score (nSPS) is 31.3. The van der Waals surface area contributed by atoms with Crippen LogP contribution in [0.15, 0.2) is 36.4 Å². The Morgan fingerprint density at radius 1 is 1.10 bits per heavy atom. The standard InChI is InChI=1S/C19H23NO/c21-19(18-13-14-6-7-17(18)12-14)20-10-8-16(9-11-20)15-4-2-1-3-5-15/h1-5,8,14,17-18H,6-7,9-13H2. The van der Waals surface area contributed by atoms with Gasteiger partial charge in [0.15, 0.2) is 0 Å². The van der Waals surface area contributed by atoms with Gasteiger partial charge in [-0.1, -0.05) is 42.8 Å². The SMILES string of the molecule is O=C(C1CC2CCC1C2)N1CC=C(c2ccccc2)CC1. The van der Waals surface area contributed by atoms with Crippen molar-refractivity contribution in [3.05, 3.63) is 42.0 Å². The van der Waals surface area contributed by atoms with Crippen molar-refractivity contribution in [1.29, 1.82) is 0 Å². The molecule has 1 aliphatic heterocycles. The summed E-state index contributed by atoms with van der Waals surface area (Å²) in [6.45, 7) is 1.70. The van der Waals surface area contributed by atoms with E-state index in [4.69, 9.17) is 0 Å². The monoisotopic (exact) mass is 281 g/mol. The zero-order valence-electron chi connectivity index (χ0n) is 12.5. The maximum Gasteiger partial charge on any atom is 0.226 e. The van der Waals surface area contributed by atoms with Gasteiger partial charge in [-0.3, -0.25) is 4.79 Å². The van der Waals surface area contributed by atoms with E-state index in [0.29, 0.717) is 17.7 Å². The first-order valence-electron chi connectivity index (χ1n) is 8.34. The third-order valence-electron chi connectivity index (χ3n) is 5.72. The van der Waals surface area contributed by atoms with E-state index in [2.05, 4.69) is 41.3 Å². The number of nitrogens with zero attached hydrogens (tertiary/aromatic N) is 1. The van der Waals surface area contributed by atoms with Crippen LogP contribution in [0.4, 0.5) is 0 Å². The van der Waals surface area contributed by atoms with Crippen LogP contribution in [0.1, 0.15) is 37.7 Å². The molecule has 2 bridgehead atoms. The summed E-state index contributed by atoms with van der Waals surface area (Å²) in [5, 5.41) is 0. The minimum absolute atomic E-state index is 0.343. The molecule has 1 heterocycles. The van der Waals surface area contributed by atoms with Crippen molar-refractivity contribution in [1.82, 2.24) is 4.90 Å². The average molecular weight is 281 g/mol. The number of amides is 1. The highest BCUT2D eigenvalue weighted by molar-refractivity contribution is 5.81. The van der Waals surface area contributed by atoms with Gasteiger partial charge in [0.2, 0.25) is 5.91 Å². The van der Waals surface area contributed by atoms with Crippen molar-refractivity contribution in [3.8, 4) is 0 Å². The van der Waals surface area contributed by atoms with Crippen molar-refractivity contribution >= 4 is 11.5 Å². The van der Waals surface area contributed by atoms with Gasteiger partial charge in [0.25, 0.3) is 0 Å². The van der Waals surface area contributed by atoms with E-state index in [1.54, 1.807) is 0 Å². The molecule has 110 valence electrons. The number of benzene rings is 1. The molecule has 3 aliphatic rings. The Hall–Kier alpha value is -1.57. The molecule has 3 atom stereocenters. The Labute approximate surface area is 126 Å². The largest absolute Gasteiger partial charge is 0.338 e. The topological polar surface area (TPSA) is 20.3 Å². The first-order valence-corrected chi connectivity index (χ1v) is 8.34. The maximum atomic E-state index is 12.7. The van der Waals surface area contributed by atoms with Crippen LogP contribution in [0.5, 0.6) is 0 Å². The summed E-state index contributed by atoms with van der Waals surface area (Å²) in [7, 11) is 0. The van der Waals surface area contributed by atoms with Crippen LogP contribution < -0.4 is 0 Å². The van der Waals surface area contributed by atoms with Gasteiger partial charge in [0, 0.05) is 19.0 Å². The van der Waals surface area contributed by atoms with Crippen LogP contribution in [0, 0.1) is 17.8 Å². The molecular weight excluding hydrogens is 258 g/mol. The van der Waals surface area contributed by atoms with Crippen LogP contribution in [-0.4, -0.2) is 23.9 Å². The molecule has 1 amide bonds. The molecule has 21 heavy (non-hydrogen) atoms. The van der Waals surface area contributed by atoms with Crippen LogP contribution in [0.3, 0.4) is 0 Å². The summed E-state index contributed by atoms with van der Waals surface area (Å²) in [5.41, 5.74) is 2.71. The van der Waals surface area contributed by atoms with Gasteiger partial charge in [-0.25, -0.2) is 0 Å². The van der Waals surface area contributed by atoms with Gasteiger partial charge < -0.3 is 4.90 Å². The highest BCUT2D eigenvalue weighted by Crippen LogP contribution is 2.49. The number of hydrogen-bond donors (Lipinski definition) is 0. The second kappa shape index (κ2) is 5.32. The van der Waals surface area contributed by atoms with Crippen molar-refractivity contribution in [2.45, 2.75) is 32.1 Å². The molecule has 2 heteroatoms. The number of carbonyl (C=O) groups excluding carboxylic acids is 1. The Morgan fingerprint density at radius 3 is 2.57 bits per heavy atom. The van der Waals surface area contributed by atoms with Crippen LogP contribution in [-0.2, 0) is 4.79 Å². The second-order valence-electron chi connectivity index (χ2n) is 6.91. The minimum Gasteiger partial charge on any atom is -0.338 e. The summed E-state index contributed by atoms with van der Waals surface area (Å²) in [6, 6.07) is 10.6. The molecule has 0 aromatic heterocycles. The molecule has 0 saturated heterocycles. The molecular formula is C19H23NO. The fraction of sp³-hybridized carbons (Fsp3) is 0.526. The first kappa shape index (κ1) is 13.1. The van der Waals surface area contributed by atoms with Crippen molar-refractivity contribution in [2.24, 2.45) is 17.8 Å². The predicted molar refractivity (Wildman–Crippen MR) is 84.6 cm³/mol. The van der Waals surface area contributed by atoms with Crippen molar-refractivity contribution in [3.63, 3.8) is 0 Å². The third kappa shape index (κ3) is 2.41. The van der Waals surface area contributed by atoms with E-state index in [1.165, 1.54) is 30.4 Å². The highest BCUT2D eigenvalue weighted by Gasteiger charge is 2.44. The van der Waals surface area contributed by atoms with Crippen LogP contribution in [0.2, 0.25) is 0 Å². The highest BCUT2D eigenvalue weighted by atomic mass is 16.2. The number of carbonyl (C=O) groups is 1. The Bertz CT molecular complexity index is 562. The van der Waals surface area contributed by atoms with E-state index in [9.17, 15) is 4.79 Å². The quantitative estimate of drug-likeness (QED) is 0.808. The van der Waals surface area contributed by atoms with Gasteiger partial charge in [0.05, 0.1) is 0 Å². The molecule has 2 fully saturated rings. The van der Waals surface area contributed by atoms with Gasteiger partial charge in [-0.2, -0.15) is 0 Å². The zero-order valence-corrected chi connectivity index (χ0v) is 12.5. The molecule has 3 unspecified atom stereocenters. The molecule has 0 N–H and O–H groups in total. The number of hydrogen-bond acceptors (Lipinski definition) is 1. The zero-order chi connectivity index (χ0) is 14.2. The summed E-state index contributed by atoms with van der Waals surface area (Å²) in [4.78, 5) is 14.8. The number of fused-ring (bicyclic) bond motifs is 2. The van der Waals surface area contributed by atoms with E-state index in [1.807, 2.05) is 0 Å². The summed E-state index contributed by atoms with van der Waals surface area (Å²) in [6.07, 6.45) is 8.39. The Morgan fingerprint density at radius 2 is 1.95 bits per heavy atom. The van der Waals surface area contributed by atoms with E-state index in [0.717, 1.165) is 31.8 Å². The molecule has 1 aromatic carbocycles. The van der Waals surface area contributed by atoms with Crippen LogP contribution in [0.25, 0.3) is 5.57 Å². The Kier molecular flexibility index (Phi) is 3.33. The second-order valence-corrected chi connectivity index (χ2v) is 6.91. The molecule has 0 spiro atoms. The predicted octanol–water partition coefficient (Wildman–Crippen LogP) is 3.74. The lowest BCUT2D eigenvalue weighted by atomic mass is 9.87. The maximum absolute atomic E-state index is 12.7. The average Bonchev–Trinajstić information content (AvgIpc) is 3.18. The molecule has 4 rings (SSSR count). The molecule has 1 aromatic rings. The summed E-state index contributed by atoms with van der Waals surface area (Å²) in [5.74, 6) is 2.33. The minimum atomic E-state index is 0.343. The lowest BCUT2D eigenvalue weighted by molar-refractivity contribution is -0.136. The molecule has 2 aliphatic carbocycles. The van der Waals surface area contributed by atoms with Gasteiger partial charge in [-0.15, -0.1) is 0 Å². The lowest BCUT2D eigenvalue weighted by Crippen LogP contribution is -2.40. The first-order chi connectivity index (χ1) is 10.3. The molecule has 0 radical (unpaired) electrons. The smallest absolute Gasteiger partial charge is 0.226 e. The van der Waals surface area contributed by atoms with E-state index >= 15 is 0 Å². The van der Waals surface area contributed by atoms with Crippen molar-refractivity contribution in [2.75, 3.05) is 13.1 Å². The summed E-state index contributed by atoms with van der Waals surface area (Å²) >= 11 is 0. The lowest BCUT2D eigenvalue weighted by Gasteiger charge is -2.31. The van der Waals surface area contributed by atoms with Gasteiger partial charge >= 0.3 is 0 Å². The van der Waals surface area contributed by atoms with Crippen molar-refractivity contribution < 1.29 is 4.79 Å². The van der Waals surface area contributed by atoms with E-state index < -0.39 is 0 Å². The van der Waals surface area contributed by atoms with Gasteiger partial charge in [-0.05, 0) is 48.7 Å².